The molecule has 0 radical (unpaired) electrons. The van der Waals surface area contributed by atoms with E-state index in [0.717, 1.165) is 24.2 Å². The summed E-state index contributed by atoms with van der Waals surface area (Å²) in [7, 11) is -27.9. The van der Waals surface area contributed by atoms with Crippen molar-refractivity contribution in [3.63, 3.8) is 0 Å². The van der Waals surface area contributed by atoms with Crippen molar-refractivity contribution in [2.24, 2.45) is 0 Å². The topological polar surface area (TPSA) is 36.9 Å². The summed E-state index contributed by atoms with van der Waals surface area (Å²) in [5, 5.41) is 11.5. The second kappa shape index (κ2) is 39.6. The van der Waals surface area contributed by atoms with Crippen LogP contribution in [0.15, 0.2) is 485 Å². The predicted octanol–water partition coefficient (Wildman–Crippen LogP) is 33.9. The average molecular weight is 1950 g/mol. The van der Waals surface area contributed by atoms with E-state index >= 15 is 0 Å². The first kappa shape index (κ1) is 93.3. The second-order valence-electron chi connectivity index (χ2n) is 40.1. The molecule has 0 unspecified atom stereocenters. The highest BCUT2D eigenvalue weighted by molar-refractivity contribution is 7.17. The summed E-state index contributed by atoms with van der Waals surface area (Å²) in [5.41, 5.74) is 30.3. The van der Waals surface area contributed by atoms with Gasteiger partial charge in [0.25, 0.3) is 0 Å². The Labute approximate surface area is 837 Å². The molecule has 0 amide bonds. The van der Waals surface area contributed by atoms with Gasteiger partial charge in [-0.25, -0.2) is 0 Å². The standard InChI is InChI=1S/C128H120O4Si8/c1-133(121(105-73-41-17-42-74-105)113(97-57-25-9-26-58-97)114(98-59-27-10-28-60-98)122(133)106-75-43-18-44-76-106)89-93-137(5)129-138(6,94-90-134(2)123(107-77-45-19-46-78-107)115(99-61-29-11-30-62-99)116(100-63-31-12-32-64-100)124(134)108-79-47-20-48-80-108)131-140(8,96-92-136(4)127(111-85-53-23-54-86-111)119(103-69-37-15-38-70-103)120(104-71-39-16-40-72-104)128(136)112-87-55-24-56-88-112)132-139(7,130-137)95-91-135(3)125(109-81-49-21-50-82-109)117(101-65-33-13-34-66-101)118(102-67-35-14-36-68-102)126(135)110-83-51-22-52-84-110/h9-88H,89-96H2,1-8H3. The molecular formula is C128H120O4Si8. The Morgan fingerprint density at radius 2 is 0.200 bits per heavy atom. The van der Waals surface area contributed by atoms with Gasteiger partial charge >= 0.3 is 34.2 Å². The maximum Gasteiger partial charge on any atom is 0.317 e. The van der Waals surface area contributed by atoms with Gasteiger partial charge in [0.05, 0.1) is 0 Å². The zero-order chi connectivity index (χ0) is 95.5. The van der Waals surface area contributed by atoms with Crippen LogP contribution in [0, 0.1) is 0 Å². The number of hydrogen-bond acceptors (Lipinski definition) is 4. The summed E-state index contributed by atoms with van der Waals surface area (Å²) in [6, 6.07) is 189. The highest BCUT2D eigenvalue weighted by atomic mass is 28.5. The van der Waals surface area contributed by atoms with E-state index in [1.165, 1.54) is 175 Å². The lowest BCUT2D eigenvalue weighted by molar-refractivity contribution is 0.225. The Bertz CT molecular complexity index is 6120. The first-order chi connectivity index (χ1) is 68.4. The quantitative estimate of drug-likeness (QED) is 0.0458. The molecule has 0 bridgehead atoms. The molecule has 0 saturated carbocycles. The van der Waals surface area contributed by atoms with Gasteiger partial charge in [-0.05, 0) is 250 Å². The molecule has 0 N–H and O–H groups in total. The van der Waals surface area contributed by atoms with Crippen LogP contribution in [0.1, 0.15) is 89.0 Å². The average Bonchev–Trinajstić information content (AvgIpc) is 1.56. The van der Waals surface area contributed by atoms with Gasteiger partial charge in [0.2, 0.25) is 0 Å². The van der Waals surface area contributed by atoms with Crippen LogP contribution in [-0.4, -0.2) is 66.5 Å². The van der Waals surface area contributed by atoms with Crippen LogP contribution in [0.2, 0.25) is 101 Å². The molecule has 0 aliphatic carbocycles. The van der Waals surface area contributed by atoms with Crippen LogP contribution in [0.4, 0.5) is 0 Å². The Hall–Kier alpha value is -13.0. The molecule has 16 aromatic rings. The molecule has 0 atom stereocenters. The van der Waals surface area contributed by atoms with Crippen molar-refractivity contribution >= 4 is 153 Å². The summed E-state index contributed by atoms with van der Waals surface area (Å²) in [4.78, 5) is 0. The molecule has 5 aliphatic heterocycles. The van der Waals surface area contributed by atoms with Gasteiger partial charge in [-0.1, -0.05) is 511 Å². The normalized spacial score (nSPS) is 20.5. The summed E-state index contributed by atoms with van der Waals surface area (Å²) < 4.78 is 37.3. The molecule has 688 valence electrons. The highest BCUT2D eigenvalue weighted by Crippen LogP contribution is 2.65. The summed E-state index contributed by atoms with van der Waals surface area (Å²) in [6.07, 6.45) is 0. The summed E-state index contributed by atoms with van der Waals surface area (Å²) in [6.45, 7) is 20.9. The van der Waals surface area contributed by atoms with Crippen LogP contribution in [0.5, 0.6) is 0 Å². The van der Waals surface area contributed by atoms with Crippen molar-refractivity contribution in [1.29, 1.82) is 0 Å². The van der Waals surface area contributed by atoms with Gasteiger partial charge < -0.3 is 16.5 Å². The Morgan fingerprint density at radius 3 is 0.293 bits per heavy atom. The molecule has 140 heavy (non-hydrogen) atoms. The van der Waals surface area contributed by atoms with Gasteiger partial charge in [0.15, 0.2) is 0 Å². The zero-order valence-electron chi connectivity index (χ0n) is 81.5. The Morgan fingerprint density at radius 1 is 0.114 bits per heavy atom. The van der Waals surface area contributed by atoms with Gasteiger partial charge in [-0.2, -0.15) is 0 Å². The van der Waals surface area contributed by atoms with Crippen LogP contribution >= 0.6 is 0 Å². The fourth-order valence-corrected chi connectivity index (χ4v) is 75.9. The Kier molecular flexibility index (Phi) is 26.4. The maximum absolute atomic E-state index is 9.32. The van der Waals surface area contributed by atoms with E-state index in [4.69, 9.17) is 0 Å². The van der Waals surface area contributed by atoms with Crippen molar-refractivity contribution in [3.8, 4) is 0 Å². The minimum Gasteiger partial charge on any atom is -0.416 e. The molecule has 5 aliphatic rings. The number of rotatable bonds is 28. The van der Waals surface area contributed by atoms with E-state index in [-0.39, 0.29) is 0 Å². The molecule has 5 heterocycles. The molecular weight excluding hydrogens is 1830 g/mol. The minimum atomic E-state index is -3.83. The van der Waals surface area contributed by atoms with Gasteiger partial charge in [0.1, 0.15) is 32.3 Å². The lowest BCUT2D eigenvalue weighted by Crippen LogP contribution is -2.68. The monoisotopic (exact) mass is 1940 g/mol. The maximum atomic E-state index is 9.32. The summed E-state index contributed by atoms with van der Waals surface area (Å²) in [5.74, 6) is 0. The van der Waals surface area contributed by atoms with E-state index in [9.17, 15) is 16.5 Å². The lowest BCUT2D eigenvalue weighted by atomic mass is 9.89. The molecule has 21 rings (SSSR count). The highest BCUT2D eigenvalue weighted by Gasteiger charge is 2.62. The fourth-order valence-electron chi connectivity index (χ4n) is 24.6. The Balaban J connectivity index is 0.812. The third-order valence-corrected chi connectivity index (χ3v) is 69.0. The smallest absolute Gasteiger partial charge is 0.317 e. The SMILES string of the molecule is C[Si]1(CC[Si]2(C)C(c3ccccc3)=C(c3ccccc3)C(c3ccccc3)=C2c2ccccc2)O[Si](C)(CC[Si]2(C)C(c3ccccc3)=C(c3ccccc3)C(c3ccccc3)=C2c2ccccc2)O[Si](C)(CC[Si]2(C)C(c3ccccc3)=C(c3ccccc3)C(c3ccccc3)=C2c2ccccc2)O[Si](C)(CC[Si]2(C)C(c3ccccc3)=C(c3ccccc3)C(c3ccccc3)=C2c2ccccc2)O1. The molecule has 12 heteroatoms. The van der Waals surface area contributed by atoms with E-state index in [1.54, 1.807) is 0 Å². The number of allylic oxidation sites excluding steroid dienone is 8. The van der Waals surface area contributed by atoms with Gasteiger partial charge in [-0.3, -0.25) is 0 Å². The predicted molar refractivity (Wildman–Crippen MR) is 613 cm³/mol. The molecule has 16 aromatic carbocycles. The molecule has 1 fully saturated rings. The van der Waals surface area contributed by atoms with Crippen molar-refractivity contribution in [2.75, 3.05) is 0 Å². The molecule has 1 saturated heterocycles. The molecule has 0 spiro atoms. The molecule has 4 nitrogen and oxygen atoms in total. The van der Waals surface area contributed by atoms with Crippen LogP contribution in [0.3, 0.4) is 0 Å². The zero-order valence-corrected chi connectivity index (χ0v) is 89.5. The van der Waals surface area contributed by atoms with Crippen molar-refractivity contribution in [1.82, 2.24) is 0 Å². The van der Waals surface area contributed by atoms with Crippen LogP contribution < -0.4 is 0 Å². The van der Waals surface area contributed by atoms with E-state index in [2.05, 4.69) is 538 Å². The number of benzene rings is 16. The number of hydrogen-bond donors (Lipinski definition) is 0. The van der Waals surface area contributed by atoms with Gasteiger partial charge in [0, 0.05) is 0 Å². The van der Waals surface area contributed by atoms with Crippen LogP contribution in [0.25, 0.3) is 86.2 Å². The van der Waals surface area contributed by atoms with Crippen molar-refractivity contribution in [2.45, 2.75) is 101 Å². The van der Waals surface area contributed by atoms with E-state index in [0.29, 0.717) is 24.2 Å². The first-order valence-corrected chi connectivity index (χ1v) is 71.0. The largest absolute Gasteiger partial charge is 0.416 e. The summed E-state index contributed by atoms with van der Waals surface area (Å²) >= 11 is 0. The third-order valence-electron chi connectivity index (χ3n) is 30.5. The first-order valence-electron chi connectivity index (χ1n) is 50.0. The second-order valence-corrected chi connectivity index (χ2v) is 71.1. The van der Waals surface area contributed by atoms with Crippen LogP contribution in [-0.2, 0) is 16.5 Å². The van der Waals surface area contributed by atoms with Crippen molar-refractivity contribution in [3.05, 3.63) is 574 Å². The van der Waals surface area contributed by atoms with E-state index in [1.807, 2.05) is 0 Å². The molecule has 0 aromatic heterocycles. The van der Waals surface area contributed by atoms with Gasteiger partial charge in [-0.15, -0.1) is 0 Å². The fraction of sp³-hybridized carbons (Fsp3) is 0.125. The third kappa shape index (κ3) is 18.0. The lowest BCUT2D eigenvalue weighted by Gasteiger charge is -2.52. The van der Waals surface area contributed by atoms with E-state index < -0.39 is 66.5 Å². The minimum absolute atomic E-state index is 0.680. The van der Waals surface area contributed by atoms with Crippen molar-refractivity contribution < 1.29 is 16.5 Å².